The first kappa shape index (κ1) is 27.7. The number of aryl methyl sites for hydroxylation is 1. The van der Waals surface area contributed by atoms with Crippen LogP contribution < -0.4 is 10.6 Å². The van der Waals surface area contributed by atoms with Crippen LogP contribution in [0, 0.1) is 0 Å². The van der Waals surface area contributed by atoms with E-state index in [-0.39, 0.29) is 40.3 Å². The van der Waals surface area contributed by atoms with Crippen molar-refractivity contribution in [3.8, 4) is 5.75 Å². The van der Waals surface area contributed by atoms with Crippen LogP contribution in [0.15, 0.2) is 72.9 Å². The third kappa shape index (κ3) is 6.78. The number of phenolic OH excluding ortho intramolecular Hbond substituents is 1. The van der Waals surface area contributed by atoms with Crippen LogP contribution in [0.3, 0.4) is 0 Å². The zero-order valence-corrected chi connectivity index (χ0v) is 22.2. The van der Waals surface area contributed by atoms with Crippen LogP contribution in [0.25, 0.3) is 10.9 Å². The summed E-state index contributed by atoms with van der Waals surface area (Å²) < 4.78 is 0. The molecule has 0 saturated carbocycles. The summed E-state index contributed by atoms with van der Waals surface area (Å²) in [7, 11) is 0. The van der Waals surface area contributed by atoms with Gasteiger partial charge in [0.25, 0.3) is 11.8 Å². The molecule has 0 radical (unpaired) electrons. The van der Waals surface area contributed by atoms with Crippen molar-refractivity contribution in [1.82, 2.24) is 15.6 Å². The summed E-state index contributed by atoms with van der Waals surface area (Å²) in [6.07, 6.45) is 3.96. The van der Waals surface area contributed by atoms with E-state index in [1.807, 2.05) is 43.5 Å². The third-order valence-corrected chi connectivity index (χ3v) is 6.92. The number of para-hydroxylation sites is 1. The van der Waals surface area contributed by atoms with Gasteiger partial charge in [-0.1, -0.05) is 55.3 Å². The first-order valence-corrected chi connectivity index (χ1v) is 13.1. The molecule has 0 bridgehead atoms. The topological polar surface area (TPSA) is 132 Å². The number of hydrogen-bond donors (Lipinski definition) is 5. The number of hydrogen-bond acceptors (Lipinski definition) is 4. The lowest BCUT2D eigenvalue weighted by atomic mass is 10.0. The highest BCUT2D eigenvalue weighted by Gasteiger charge is 2.23. The van der Waals surface area contributed by atoms with E-state index in [1.54, 1.807) is 18.2 Å². The van der Waals surface area contributed by atoms with Gasteiger partial charge in [0, 0.05) is 22.7 Å². The molecule has 4 aromatic rings. The van der Waals surface area contributed by atoms with Gasteiger partial charge < -0.3 is 25.8 Å². The van der Waals surface area contributed by atoms with E-state index >= 15 is 0 Å². The quantitative estimate of drug-likeness (QED) is 0.166. The van der Waals surface area contributed by atoms with E-state index < -0.39 is 17.9 Å². The molecule has 0 spiro atoms. The third-order valence-electron chi connectivity index (χ3n) is 6.61. The summed E-state index contributed by atoms with van der Waals surface area (Å²) in [4.78, 5) is 40.9. The van der Waals surface area contributed by atoms with Gasteiger partial charge in [0.05, 0.1) is 16.6 Å². The molecule has 1 heterocycles. The van der Waals surface area contributed by atoms with Crippen molar-refractivity contribution >= 4 is 40.3 Å². The minimum absolute atomic E-state index is 0.0327. The number of aromatic amines is 1. The van der Waals surface area contributed by atoms with Crippen molar-refractivity contribution < 1.29 is 24.6 Å². The van der Waals surface area contributed by atoms with Crippen LogP contribution in [-0.2, 0) is 11.2 Å². The van der Waals surface area contributed by atoms with Crippen molar-refractivity contribution in [2.45, 2.75) is 44.7 Å². The predicted octanol–water partition coefficient (Wildman–Crippen LogP) is 5.61. The summed E-state index contributed by atoms with van der Waals surface area (Å²) in [5.74, 6) is -2.05. The van der Waals surface area contributed by atoms with Crippen LogP contribution in [-0.4, -0.2) is 39.0 Å². The lowest BCUT2D eigenvalue weighted by molar-refractivity contribution is -0.139. The molecule has 4 rings (SSSR count). The van der Waals surface area contributed by atoms with E-state index in [9.17, 15) is 24.6 Å². The zero-order chi connectivity index (χ0) is 27.9. The number of fused-ring (bicyclic) bond motifs is 1. The number of amides is 2. The normalized spacial score (nSPS) is 12.6. The average molecular weight is 548 g/mol. The number of rotatable bonds is 11. The Morgan fingerprint density at radius 2 is 1.74 bits per heavy atom. The Morgan fingerprint density at radius 3 is 2.46 bits per heavy atom. The maximum atomic E-state index is 13.0. The number of carbonyl (C=O) groups excluding carboxylic acids is 2. The van der Waals surface area contributed by atoms with Gasteiger partial charge in [-0.15, -0.1) is 0 Å². The molecule has 0 aliphatic carbocycles. The van der Waals surface area contributed by atoms with Crippen LogP contribution in [0.1, 0.15) is 64.1 Å². The number of H-pyrrole nitrogens is 1. The fraction of sp³-hybridized carbons (Fsp3) is 0.233. The number of aromatic nitrogens is 1. The van der Waals surface area contributed by atoms with Gasteiger partial charge in [0.15, 0.2) is 0 Å². The monoisotopic (exact) mass is 547 g/mol. The number of carboxylic acids is 1. The second kappa shape index (κ2) is 12.5. The smallest absolute Gasteiger partial charge is 0.326 e. The van der Waals surface area contributed by atoms with E-state index in [4.69, 9.17) is 11.6 Å². The van der Waals surface area contributed by atoms with Crippen LogP contribution >= 0.6 is 11.6 Å². The summed E-state index contributed by atoms with van der Waals surface area (Å²) in [6.45, 7) is 2.00. The number of benzene rings is 3. The average Bonchev–Trinajstić information content (AvgIpc) is 3.33. The number of carbonyl (C=O) groups is 3. The summed E-state index contributed by atoms with van der Waals surface area (Å²) >= 11 is 6.37. The standard InChI is InChI=1S/C30H30ClN3O5/c1-2-6-25(18-7-5-8-21(35)15-18)33-28(36)19-11-13-23(24(31)16-19)29(37)34-27(30(38)39)14-12-20-17-32-26-10-4-3-9-22(20)26/h3-5,7-11,13,15-17,25,27,32,35H,2,6,12,14H2,1H3,(H,33,36)(H,34,37)(H,38,39)/t25?,27-/m0/s1. The second-order valence-electron chi connectivity index (χ2n) is 9.37. The van der Waals surface area contributed by atoms with Crippen molar-refractivity contribution in [2.24, 2.45) is 0 Å². The van der Waals surface area contributed by atoms with Gasteiger partial charge in [0.2, 0.25) is 0 Å². The highest BCUT2D eigenvalue weighted by molar-refractivity contribution is 6.34. The molecule has 2 amide bonds. The first-order valence-electron chi connectivity index (χ1n) is 12.7. The molecule has 1 unspecified atom stereocenters. The predicted molar refractivity (Wildman–Crippen MR) is 150 cm³/mol. The molecule has 202 valence electrons. The molecule has 0 aliphatic heterocycles. The number of phenols is 1. The largest absolute Gasteiger partial charge is 0.508 e. The van der Waals surface area contributed by atoms with E-state index in [0.29, 0.717) is 12.8 Å². The van der Waals surface area contributed by atoms with Crippen molar-refractivity contribution in [3.05, 3.63) is 100 Å². The molecule has 0 fully saturated rings. The molecule has 8 nitrogen and oxygen atoms in total. The van der Waals surface area contributed by atoms with Gasteiger partial charge >= 0.3 is 5.97 Å². The van der Waals surface area contributed by atoms with Crippen LogP contribution in [0.5, 0.6) is 5.75 Å². The Morgan fingerprint density at radius 1 is 0.949 bits per heavy atom. The molecule has 3 aromatic carbocycles. The molecule has 0 saturated heterocycles. The fourth-order valence-electron chi connectivity index (χ4n) is 4.57. The molecule has 9 heteroatoms. The summed E-state index contributed by atoms with van der Waals surface area (Å²) in [5.41, 5.74) is 3.03. The van der Waals surface area contributed by atoms with Crippen molar-refractivity contribution in [3.63, 3.8) is 0 Å². The van der Waals surface area contributed by atoms with Gasteiger partial charge in [-0.05, 0) is 66.8 Å². The number of halogens is 1. The number of aromatic hydroxyl groups is 1. The number of aliphatic carboxylic acids is 1. The molecule has 1 aromatic heterocycles. The van der Waals surface area contributed by atoms with Gasteiger partial charge in [-0.3, -0.25) is 9.59 Å². The first-order chi connectivity index (χ1) is 18.8. The van der Waals surface area contributed by atoms with Crippen LogP contribution in [0.2, 0.25) is 5.02 Å². The van der Waals surface area contributed by atoms with Crippen molar-refractivity contribution in [1.29, 1.82) is 0 Å². The molecular formula is C30H30ClN3O5. The molecule has 39 heavy (non-hydrogen) atoms. The summed E-state index contributed by atoms with van der Waals surface area (Å²) in [6, 6.07) is 17.3. The highest BCUT2D eigenvalue weighted by atomic mass is 35.5. The number of carboxylic acid groups (broad SMARTS) is 1. The van der Waals surface area contributed by atoms with Gasteiger partial charge in [-0.25, -0.2) is 4.79 Å². The second-order valence-corrected chi connectivity index (χ2v) is 9.77. The fourth-order valence-corrected chi connectivity index (χ4v) is 4.83. The lowest BCUT2D eigenvalue weighted by Crippen LogP contribution is -2.41. The van der Waals surface area contributed by atoms with Gasteiger partial charge in [-0.2, -0.15) is 0 Å². The molecular weight excluding hydrogens is 518 g/mol. The van der Waals surface area contributed by atoms with Crippen molar-refractivity contribution in [2.75, 3.05) is 0 Å². The Bertz CT molecular complexity index is 1500. The Hall–Kier alpha value is -4.30. The Balaban J connectivity index is 1.42. The van der Waals surface area contributed by atoms with Gasteiger partial charge in [0.1, 0.15) is 11.8 Å². The molecule has 2 atom stereocenters. The van der Waals surface area contributed by atoms with E-state index in [2.05, 4.69) is 15.6 Å². The minimum Gasteiger partial charge on any atom is -0.508 e. The highest BCUT2D eigenvalue weighted by Crippen LogP contribution is 2.24. The SMILES string of the molecule is CCCC(NC(=O)c1ccc(C(=O)N[C@@H](CCc2c[nH]c3ccccc23)C(=O)O)c(Cl)c1)c1cccc(O)c1. The molecule has 0 aliphatic rings. The van der Waals surface area contributed by atoms with E-state index in [0.717, 1.165) is 28.5 Å². The Labute approximate surface area is 231 Å². The number of nitrogens with one attached hydrogen (secondary N) is 3. The zero-order valence-electron chi connectivity index (χ0n) is 21.4. The summed E-state index contributed by atoms with van der Waals surface area (Å²) in [5, 5.41) is 26.1. The molecule has 5 N–H and O–H groups in total. The van der Waals surface area contributed by atoms with E-state index in [1.165, 1.54) is 18.2 Å². The van der Waals surface area contributed by atoms with Crippen LogP contribution in [0.4, 0.5) is 0 Å². The maximum absolute atomic E-state index is 13.0. The minimum atomic E-state index is -1.15. The maximum Gasteiger partial charge on any atom is 0.326 e. The Kier molecular flexibility index (Phi) is 8.88. The lowest BCUT2D eigenvalue weighted by Gasteiger charge is -2.19.